The van der Waals surface area contributed by atoms with Crippen LogP contribution in [0.15, 0.2) is 89.8 Å². The third-order valence-electron chi connectivity index (χ3n) is 7.58. The smallest absolute Gasteiger partial charge is 0.407 e. The second-order valence-corrected chi connectivity index (χ2v) is 13.2. The molecule has 0 spiro atoms. The monoisotopic (exact) mass is 638 g/mol. The molecule has 2 atom stereocenters. The molecule has 0 heterocycles. The quantitative estimate of drug-likeness (QED) is 0.163. The molecule has 10 nitrogen and oxygen atoms in total. The van der Waals surface area contributed by atoms with Gasteiger partial charge in [0.1, 0.15) is 6.04 Å². The van der Waals surface area contributed by atoms with Crippen LogP contribution in [0.5, 0.6) is 0 Å². The molecule has 0 radical (unpaired) electrons. The predicted molar refractivity (Wildman–Crippen MR) is 175 cm³/mol. The van der Waals surface area contributed by atoms with Gasteiger partial charge in [0.15, 0.2) is 0 Å². The summed E-state index contributed by atoms with van der Waals surface area (Å²) in [5.41, 5.74) is 8.21. The fourth-order valence-electron chi connectivity index (χ4n) is 5.27. The summed E-state index contributed by atoms with van der Waals surface area (Å²) in [5, 5.41) is 15.9. The Labute approximate surface area is 267 Å². The highest BCUT2D eigenvalue weighted by atomic mass is 32.2. The van der Waals surface area contributed by atoms with E-state index in [4.69, 9.17) is 10.5 Å². The molecule has 244 valence electrons. The van der Waals surface area contributed by atoms with Crippen molar-refractivity contribution in [3.05, 3.63) is 102 Å². The van der Waals surface area contributed by atoms with Crippen molar-refractivity contribution in [2.45, 2.75) is 62.6 Å². The zero-order valence-electron chi connectivity index (χ0n) is 26.3. The number of sulfonamides is 1. The number of aliphatic hydroxyl groups excluding tert-OH is 1. The molecule has 0 bridgehead atoms. The molecule has 3 aromatic rings. The molecule has 5 N–H and O–H groups in total. The summed E-state index contributed by atoms with van der Waals surface area (Å²) in [6.45, 7) is 4.39. The lowest BCUT2D eigenvalue weighted by atomic mass is 9.84. The molecular formula is C34H46N4O6S. The average molecular weight is 639 g/mol. The molecule has 0 aliphatic carbocycles. The van der Waals surface area contributed by atoms with Crippen molar-refractivity contribution in [2.24, 2.45) is 11.7 Å². The van der Waals surface area contributed by atoms with Gasteiger partial charge in [0.05, 0.1) is 18.6 Å². The minimum atomic E-state index is -3.87. The van der Waals surface area contributed by atoms with E-state index in [9.17, 15) is 23.1 Å². The van der Waals surface area contributed by atoms with E-state index < -0.39 is 34.1 Å². The molecule has 2 amide bonds. The van der Waals surface area contributed by atoms with Crippen molar-refractivity contribution in [1.29, 1.82) is 0 Å². The largest absolute Gasteiger partial charge is 0.453 e. The zero-order chi connectivity index (χ0) is 32.8. The molecule has 1 unspecified atom stereocenters. The van der Waals surface area contributed by atoms with Gasteiger partial charge < -0.3 is 26.2 Å². The first-order valence-corrected chi connectivity index (χ1v) is 16.7. The van der Waals surface area contributed by atoms with Crippen molar-refractivity contribution in [3.63, 3.8) is 0 Å². The van der Waals surface area contributed by atoms with Gasteiger partial charge in [-0.25, -0.2) is 13.2 Å². The van der Waals surface area contributed by atoms with Crippen LogP contribution in [0, 0.1) is 5.92 Å². The molecule has 0 saturated heterocycles. The number of carbonyl (C=O) groups is 2. The Balaban J connectivity index is 1.70. The molecular weight excluding hydrogens is 592 g/mol. The van der Waals surface area contributed by atoms with Crippen molar-refractivity contribution in [3.8, 4) is 0 Å². The van der Waals surface area contributed by atoms with E-state index in [0.29, 0.717) is 32.4 Å². The first-order valence-electron chi connectivity index (χ1n) is 15.3. The topological polar surface area (TPSA) is 151 Å². The summed E-state index contributed by atoms with van der Waals surface area (Å²) in [6, 6.07) is 23.9. The summed E-state index contributed by atoms with van der Waals surface area (Å²) in [7, 11) is -2.62. The second kappa shape index (κ2) is 17.6. The Bertz CT molecular complexity index is 1400. The lowest BCUT2D eigenvalue weighted by Gasteiger charge is -2.31. The highest BCUT2D eigenvalue weighted by Gasteiger charge is 2.33. The van der Waals surface area contributed by atoms with Crippen LogP contribution in [0.25, 0.3) is 0 Å². The number of nitrogens with two attached hydrogens (primary N) is 1. The Morgan fingerprint density at radius 1 is 0.911 bits per heavy atom. The minimum absolute atomic E-state index is 0.0397. The van der Waals surface area contributed by atoms with Crippen LogP contribution < -0.4 is 16.4 Å². The normalized spacial score (nSPS) is 13.1. The van der Waals surface area contributed by atoms with Gasteiger partial charge in [0.25, 0.3) is 0 Å². The fraction of sp³-hybridized carbons (Fsp3) is 0.412. The first kappa shape index (κ1) is 35.7. The lowest BCUT2D eigenvalue weighted by Crippen LogP contribution is -2.50. The van der Waals surface area contributed by atoms with Gasteiger partial charge in [0.2, 0.25) is 15.9 Å². The zero-order valence-corrected chi connectivity index (χ0v) is 27.1. The van der Waals surface area contributed by atoms with Gasteiger partial charge in [-0.1, -0.05) is 93.1 Å². The highest BCUT2D eigenvalue weighted by molar-refractivity contribution is 7.89. The summed E-state index contributed by atoms with van der Waals surface area (Å²) in [4.78, 5) is 26.1. The van der Waals surface area contributed by atoms with Crippen LogP contribution in [-0.2, 0) is 26.1 Å². The number of hydrogen-bond donors (Lipinski definition) is 4. The molecule has 45 heavy (non-hydrogen) atoms. The SMILES string of the molecule is COC(=O)N[C@H](C(=O)NCCCCC(CO)N(CC(C)C)S(=O)(=O)c1ccc(CN)cc1)C(c1ccccc1)c1ccccc1. The van der Waals surface area contributed by atoms with Gasteiger partial charge in [0, 0.05) is 31.6 Å². The van der Waals surface area contributed by atoms with Crippen LogP contribution >= 0.6 is 0 Å². The number of rotatable bonds is 17. The number of aliphatic hydroxyl groups is 1. The van der Waals surface area contributed by atoms with Crippen LogP contribution in [0.2, 0.25) is 0 Å². The molecule has 0 aliphatic rings. The summed E-state index contributed by atoms with van der Waals surface area (Å²) in [6.07, 6.45) is 0.772. The van der Waals surface area contributed by atoms with Crippen LogP contribution in [0.4, 0.5) is 4.79 Å². The van der Waals surface area contributed by atoms with E-state index in [0.717, 1.165) is 16.7 Å². The second-order valence-electron chi connectivity index (χ2n) is 11.4. The molecule has 3 aromatic carbocycles. The Hall–Kier alpha value is -3.77. The van der Waals surface area contributed by atoms with E-state index in [1.165, 1.54) is 11.4 Å². The molecule has 11 heteroatoms. The highest BCUT2D eigenvalue weighted by Crippen LogP contribution is 2.29. The number of benzene rings is 3. The maximum atomic E-state index is 13.6. The van der Waals surface area contributed by atoms with Crippen molar-refractivity contribution in [2.75, 3.05) is 26.8 Å². The van der Waals surface area contributed by atoms with Crippen LogP contribution in [0.1, 0.15) is 55.7 Å². The van der Waals surface area contributed by atoms with Crippen LogP contribution in [-0.4, -0.2) is 68.7 Å². The number of nitrogens with one attached hydrogen (secondary N) is 2. The van der Waals surface area contributed by atoms with E-state index in [1.807, 2.05) is 74.5 Å². The molecule has 0 saturated carbocycles. The number of unbranched alkanes of at least 4 members (excludes halogenated alkanes) is 1. The summed E-state index contributed by atoms with van der Waals surface area (Å²) >= 11 is 0. The summed E-state index contributed by atoms with van der Waals surface area (Å²) < 4.78 is 33.5. The molecule has 0 fully saturated rings. The number of alkyl carbamates (subject to hydrolysis) is 1. The molecule has 0 aliphatic heterocycles. The van der Waals surface area contributed by atoms with E-state index in [-0.39, 0.29) is 29.9 Å². The maximum Gasteiger partial charge on any atom is 0.407 e. The van der Waals surface area contributed by atoms with Gasteiger partial charge in [-0.3, -0.25) is 4.79 Å². The van der Waals surface area contributed by atoms with Gasteiger partial charge >= 0.3 is 6.09 Å². The predicted octanol–water partition coefficient (Wildman–Crippen LogP) is 4.00. The van der Waals surface area contributed by atoms with Crippen LogP contribution in [0.3, 0.4) is 0 Å². The van der Waals surface area contributed by atoms with E-state index in [2.05, 4.69) is 10.6 Å². The number of amides is 2. The van der Waals surface area contributed by atoms with Crippen molar-refractivity contribution < 1.29 is 27.9 Å². The number of hydrogen-bond acceptors (Lipinski definition) is 7. The number of ether oxygens (including phenoxy) is 1. The average Bonchev–Trinajstić information content (AvgIpc) is 3.06. The van der Waals surface area contributed by atoms with Gasteiger partial charge in [-0.05, 0) is 47.6 Å². The lowest BCUT2D eigenvalue weighted by molar-refractivity contribution is -0.123. The minimum Gasteiger partial charge on any atom is -0.453 e. The first-order chi connectivity index (χ1) is 21.6. The van der Waals surface area contributed by atoms with Crippen molar-refractivity contribution >= 4 is 22.0 Å². The standard InChI is InChI=1S/C34H46N4O6S/c1-25(2)23-38(45(42,43)30-19-17-26(22-35)18-20-30)29(24-39)16-10-11-21-36-33(40)32(37-34(41)44-3)31(27-12-6-4-7-13-27)28-14-8-5-9-15-28/h4-9,12-15,17-20,25,29,31-32,39H,10-11,16,21-24,35H2,1-3H3,(H,36,40)(H,37,41)/t29?,32-/m0/s1. The third kappa shape index (κ3) is 10.1. The molecule has 3 rings (SSSR count). The Morgan fingerprint density at radius 3 is 1.98 bits per heavy atom. The summed E-state index contributed by atoms with van der Waals surface area (Å²) in [5.74, 6) is -0.807. The Morgan fingerprint density at radius 2 is 1.49 bits per heavy atom. The third-order valence-corrected chi connectivity index (χ3v) is 9.52. The fourth-order valence-corrected chi connectivity index (χ4v) is 7.08. The Kier molecular flexibility index (Phi) is 14.0. The maximum absolute atomic E-state index is 13.6. The van der Waals surface area contributed by atoms with Crippen molar-refractivity contribution in [1.82, 2.24) is 14.9 Å². The van der Waals surface area contributed by atoms with E-state index >= 15 is 0 Å². The van der Waals surface area contributed by atoms with Gasteiger partial charge in [-0.2, -0.15) is 4.31 Å². The number of methoxy groups -OCH3 is 1. The molecule has 0 aromatic heterocycles. The van der Waals surface area contributed by atoms with E-state index in [1.54, 1.807) is 24.3 Å². The number of carbonyl (C=O) groups excluding carboxylic acids is 2. The van der Waals surface area contributed by atoms with Gasteiger partial charge in [-0.15, -0.1) is 0 Å². The number of nitrogens with zero attached hydrogens (tertiary/aromatic N) is 1.